The number of Topliss-reactive ketones (excluding diaryl/α,β-unsaturated/α-hetero) is 1. The van der Waals surface area contributed by atoms with Crippen molar-refractivity contribution in [3.05, 3.63) is 22.0 Å². The molecule has 0 aromatic rings. The highest BCUT2D eigenvalue weighted by atomic mass is 32.2. The molecular formula is C7H5NOS2. The van der Waals surface area contributed by atoms with Crippen LogP contribution in [0.3, 0.4) is 0 Å². The Hall–Kier alpha value is -0.480. The summed E-state index contributed by atoms with van der Waals surface area (Å²) in [5, 5.41) is 0. The summed E-state index contributed by atoms with van der Waals surface area (Å²) in [5.74, 6) is 0.788. The standard InChI is InChI=1S/C7H5NOS2/c9-5-4-10-6-2-1-3-8-11-7(5)6/h1-3H,4H2. The fraction of sp³-hybridized carbons (Fsp3) is 0.143. The van der Waals surface area contributed by atoms with Gasteiger partial charge in [0.25, 0.3) is 0 Å². The van der Waals surface area contributed by atoms with E-state index in [0.717, 1.165) is 9.81 Å². The molecule has 0 bridgehead atoms. The van der Waals surface area contributed by atoms with Gasteiger partial charge in [-0.05, 0) is 12.2 Å². The molecule has 0 radical (unpaired) electrons. The molecule has 56 valence electrons. The summed E-state index contributed by atoms with van der Waals surface area (Å²) >= 11 is 2.87. The van der Waals surface area contributed by atoms with Gasteiger partial charge in [-0.15, -0.1) is 11.8 Å². The van der Waals surface area contributed by atoms with E-state index >= 15 is 0 Å². The number of hydrogen-bond donors (Lipinski definition) is 0. The Balaban J connectivity index is 2.39. The molecule has 11 heavy (non-hydrogen) atoms. The largest absolute Gasteiger partial charge is 0.293 e. The van der Waals surface area contributed by atoms with Gasteiger partial charge in [0.2, 0.25) is 0 Å². The van der Waals surface area contributed by atoms with Gasteiger partial charge in [-0.2, -0.15) is 0 Å². The third-order valence-corrected chi connectivity index (χ3v) is 3.42. The van der Waals surface area contributed by atoms with Gasteiger partial charge in [0, 0.05) is 23.1 Å². The highest BCUT2D eigenvalue weighted by Gasteiger charge is 2.23. The van der Waals surface area contributed by atoms with Gasteiger partial charge in [0.15, 0.2) is 5.78 Å². The molecule has 2 nitrogen and oxygen atoms in total. The summed E-state index contributed by atoms with van der Waals surface area (Å²) < 4.78 is 3.98. The lowest BCUT2D eigenvalue weighted by atomic mass is 10.3. The van der Waals surface area contributed by atoms with Gasteiger partial charge in [-0.1, -0.05) is 0 Å². The van der Waals surface area contributed by atoms with E-state index in [-0.39, 0.29) is 5.78 Å². The zero-order valence-electron chi connectivity index (χ0n) is 5.61. The lowest BCUT2D eigenvalue weighted by molar-refractivity contribution is -0.112. The maximum absolute atomic E-state index is 11.2. The zero-order chi connectivity index (χ0) is 7.68. The normalized spacial score (nSPS) is 22.4. The quantitative estimate of drug-likeness (QED) is 0.536. The van der Waals surface area contributed by atoms with Gasteiger partial charge >= 0.3 is 0 Å². The van der Waals surface area contributed by atoms with E-state index in [1.807, 2.05) is 12.2 Å². The number of carbonyl (C=O) groups excluding carboxylic acids is 1. The second kappa shape index (κ2) is 2.87. The van der Waals surface area contributed by atoms with Gasteiger partial charge in [0.1, 0.15) is 0 Å². The van der Waals surface area contributed by atoms with Crippen molar-refractivity contribution in [1.82, 2.24) is 0 Å². The van der Waals surface area contributed by atoms with Crippen LogP contribution in [0.1, 0.15) is 0 Å². The molecule has 0 aromatic heterocycles. The van der Waals surface area contributed by atoms with Crippen molar-refractivity contribution in [3.63, 3.8) is 0 Å². The summed E-state index contributed by atoms with van der Waals surface area (Å²) in [7, 11) is 0. The first-order chi connectivity index (χ1) is 5.38. The Morgan fingerprint density at radius 3 is 3.36 bits per heavy atom. The number of ketones is 1. The third-order valence-electron chi connectivity index (χ3n) is 1.37. The molecule has 0 saturated heterocycles. The van der Waals surface area contributed by atoms with Gasteiger partial charge < -0.3 is 0 Å². The molecule has 0 unspecified atom stereocenters. The first-order valence-corrected chi connectivity index (χ1v) is 4.91. The van der Waals surface area contributed by atoms with E-state index in [2.05, 4.69) is 4.40 Å². The lowest BCUT2D eigenvalue weighted by Gasteiger charge is -1.91. The molecule has 0 aliphatic carbocycles. The van der Waals surface area contributed by atoms with Gasteiger partial charge in [0.05, 0.1) is 10.7 Å². The maximum Gasteiger partial charge on any atom is 0.182 e. The Kier molecular flexibility index (Phi) is 1.87. The number of rotatable bonds is 0. The Morgan fingerprint density at radius 2 is 2.45 bits per heavy atom. The van der Waals surface area contributed by atoms with E-state index < -0.39 is 0 Å². The van der Waals surface area contributed by atoms with Crippen LogP contribution in [0.4, 0.5) is 0 Å². The van der Waals surface area contributed by atoms with E-state index in [4.69, 9.17) is 0 Å². The lowest BCUT2D eigenvalue weighted by Crippen LogP contribution is -1.94. The molecule has 0 saturated carbocycles. The molecule has 0 atom stereocenters. The Morgan fingerprint density at radius 1 is 1.55 bits per heavy atom. The molecule has 0 amide bonds. The maximum atomic E-state index is 11.2. The number of carbonyl (C=O) groups is 1. The molecule has 2 aliphatic rings. The Bertz CT molecular complexity index is 291. The van der Waals surface area contributed by atoms with E-state index in [1.54, 1.807) is 18.0 Å². The van der Waals surface area contributed by atoms with E-state index in [1.165, 1.54) is 11.9 Å². The minimum Gasteiger partial charge on any atom is -0.293 e. The average Bonchev–Trinajstić information content (AvgIpc) is 2.25. The first-order valence-electron chi connectivity index (χ1n) is 3.15. The van der Waals surface area contributed by atoms with Crippen LogP contribution >= 0.6 is 23.7 Å². The van der Waals surface area contributed by atoms with Crippen molar-refractivity contribution in [3.8, 4) is 0 Å². The molecule has 2 aliphatic heterocycles. The zero-order valence-corrected chi connectivity index (χ0v) is 7.24. The topological polar surface area (TPSA) is 29.4 Å². The summed E-state index contributed by atoms with van der Waals surface area (Å²) in [4.78, 5) is 13.0. The second-order valence-corrected chi connectivity index (χ2v) is 3.93. The monoisotopic (exact) mass is 183 g/mol. The smallest absolute Gasteiger partial charge is 0.182 e. The number of nitrogens with zero attached hydrogens (tertiary/aromatic N) is 1. The molecule has 2 heterocycles. The van der Waals surface area contributed by atoms with Crippen LogP contribution in [0.2, 0.25) is 0 Å². The fourth-order valence-electron chi connectivity index (χ4n) is 0.880. The number of hydrogen-bond acceptors (Lipinski definition) is 4. The predicted octanol–water partition coefficient (Wildman–Crippen LogP) is 1.80. The summed E-state index contributed by atoms with van der Waals surface area (Å²) in [6, 6.07) is 0. The van der Waals surface area contributed by atoms with E-state index in [0.29, 0.717) is 5.75 Å². The van der Waals surface area contributed by atoms with Crippen LogP contribution in [-0.2, 0) is 4.79 Å². The second-order valence-electron chi connectivity index (χ2n) is 2.11. The fourth-order valence-corrected chi connectivity index (χ4v) is 2.68. The number of thioether (sulfide) groups is 1. The molecular weight excluding hydrogens is 178 g/mol. The summed E-state index contributed by atoms with van der Waals surface area (Å²) in [6.45, 7) is 0. The van der Waals surface area contributed by atoms with Crippen molar-refractivity contribution in [2.24, 2.45) is 4.40 Å². The van der Waals surface area contributed by atoms with Crippen LogP contribution in [-0.4, -0.2) is 17.8 Å². The third kappa shape index (κ3) is 1.28. The van der Waals surface area contributed by atoms with Crippen LogP contribution in [0.5, 0.6) is 0 Å². The predicted molar refractivity (Wildman–Crippen MR) is 49.7 cm³/mol. The minimum absolute atomic E-state index is 0.207. The van der Waals surface area contributed by atoms with Crippen molar-refractivity contribution >= 4 is 35.7 Å². The first kappa shape index (κ1) is 7.18. The molecule has 0 N–H and O–H groups in total. The van der Waals surface area contributed by atoms with Crippen LogP contribution in [0.15, 0.2) is 26.4 Å². The number of allylic oxidation sites excluding steroid dienone is 3. The molecule has 0 aromatic carbocycles. The van der Waals surface area contributed by atoms with Crippen LogP contribution in [0.25, 0.3) is 0 Å². The Labute approximate surface area is 73.0 Å². The molecule has 0 fully saturated rings. The summed E-state index contributed by atoms with van der Waals surface area (Å²) in [5.41, 5.74) is 0. The SMILES string of the molecule is O=C1CSC2=C1SN=CC=C2. The van der Waals surface area contributed by atoms with Crippen LogP contribution < -0.4 is 0 Å². The average molecular weight is 183 g/mol. The molecule has 4 heteroatoms. The highest BCUT2D eigenvalue weighted by Crippen LogP contribution is 2.37. The van der Waals surface area contributed by atoms with Crippen molar-refractivity contribution in [2.75, 3.05) is 5.75 Å². The van der Waals surface area contributed by atoms with Crippen molar-refractivity contribution in [1.29, 1.82) is 0 Å². The molecule has 0 spiro atoms. The van der Waals surface area contributed by atoms with Gasteiger partial charge in [-0.3, -0.25) is 4.79 Å². The van der Waals surface area contributed by atoms with Crippen molar-refractivity contribution < 1.29 is 4.79 Å². The van der Waals surface area contributed by atoms with Crippen molar-refractivity contribution in [2.45, 2.75) is 0 Å². The van der Waals surface area contributed by atoms with E-state index in [9.17, 15) is 4.79 Å². The highest BCUT2D eigenvalue weighted by molar-refractivity contribution is 8.09. The summed E-state index contributed by atoms with van der Waals surface area (Å²) in [6.07, 6.45) is 5.51. The van der Waals surface area contributed by atoms with Gasteiger partial charge in [-0.25, -0.2) is 4.40 Å². The minimum atomic E-state index is 0.207. The van der Waals surface area contributed by atoms with Crippen LogP contribution in [0, 0.1) is 0 Å². The molecule has 2 rings (SSSR count).